The Hall–Kier alpha value is -2.12. The SMILES string of the molecule is CC(C)NC(=O)N1[C@@H](CO)[C@H](c2ccccc2)[C@@H]1CNC(=O)CN(C)C. The van der Waals surface area contributed by atoms with Crippen molar-refractivity contribution in [1.29, 1.82) is 0 Å². The van der Waals surface area contributed by atoms with Gasteiger partial charge in [-0.25, -0.2) is 4.79 Å². The Morgan fingerprint density at radius 1 is 1.19 bits per heavy atom. The number of hydrogen-bond acceptors (Lipinski definition) is 4. The largest absolute Gasteiger partial charge is 0.394 e. The van der Waals surface area contributed by atoms with Gasteiger partial charge in [0.05, 0.1) is 25.2 Å². The lowest BCUT2D eigenvalue weighted by atomic mass is 9.75. The Kier molecular flexibility index (Phi) is 6.99. The van der Waals surface area contributed by atoms with Crippen molar-refractivity contribution in [2.24, 2.45) is 0 Å². The summed E-state index contributed by atoms with van der Waals surface area (Å²) in [5.74, 6) is -0.0998. The lowest BCUT2D eigenvalue weighted by Gasteiger charge is -2.54. The summed E-state index contributed by atoms with van der Waals surface area (Å²) in [7, 11) is 3.67. The van der Waals surface area contributed by atoms with Crippen LogP contribution in [0.4, 0.5) is 4.79 Å². The number of likely N-dealkylation sites (tertiary alicyclic amines) is 1. The molecule has 7 heteroatoms. The van der Waals surface area contributed by atoms with Gasteiger partial charge in [-0.2, -0.15) is 0 Å². The minimum atomic E-state index is -0.299. The van der Waals surface area contributed by atoms with Gasteiger partial charge in [0, 0.05) is 18.5 Å². The van der Waals surface area contributed by atoms with Crippen molar-refractivity contribution >= 4 is 11.9 Å². The van der Waals surface area contributed by atoms with Crippen LogP contribution in [0.25, 0.3) is 0 Å². The minimum absolute atomic E-state index is 0.00148. The van der Waals surface area contributed by atoms with Gasteiger partial charge in [0.25, 0.3) is 0 Å². The molecule has 3 N–H and O–H groups in total. The molecule has 26 heavy (non-hydrogen) atoms. The van der Waals surface area contributed by atoms with Crippen molar-refractivity contribution < 1.29 is 14.7 Å². The highest BCUT2D eigenvalue weighted by atomic mass is 16.3. The fraction of sp³-hybridized carbons (Fsp3) is 0.579. The first kappa shape index (κ1) is 20.2. The molecule has 7 nitrogen and oxygen atoms in total. The van der Waals surface area contributed by atoms with E-state index in [1.807, 2.05) is 58.3 Å². The molecule has 1 aliphatic rings. The topological polar surface area (TPSA) is 84.9 Å². The number of aliphatic hydroxyl groups excluding tert-OH is 1. The molecule has 0 aliphatic carbocycles. The zero-order valence-electron chi connectivity index (χ0n) is 16.0. The van der Waals surface area contributed by atoms with Gasteiger partial charge in [-0.3, -0.25) is 4.79 Å². The fourth-order valence-electron chi connectivity index (χ4n) is 3.48. The van der Waals surface area contributed by atoms with Crippen LogP contribution in [0.15, 0.2) is 30.3 Å². The first-order valence-electron chi connectivity index (χ1n) is 9.01. The molecule has 1 heterocycles. The van der Waals surface area contributed by atoms with E-state index in [-0.39, 0.29) is 42.6 Å². The quantitative estimate of drug-likeness (QED) is 0.664. The lowest BCUT2D eigenvalue weighted by molar-refractivity contribution is -0.122. The molecular weight excluding hydrogens is 332 g/mol. The van der Waals surface area contributed by atoms with E-state index in [1.165, 1.54) is 0 Å². The average molecular weight is 362 g/mol. The second-order valence-electron chi connectivity index (χ2n) is 7.31. The molecule has 1 saturated heterocycles. The normalized spacial score (nSPS) is 22.3. The van der Waals surface area contributed by atoms with Crippen molar-refractivity contribution in [3.8, 4) is 0 Å². The van der Waals surface area contributed by atoms with E-state index in [1.54, 1.807) is 9.80 Å². The Morgan fingerprint density at radius 2 is 1.85 bits per heavy atom. The van der Waals surface area contributed by atoms with E-state index in [9.17, 15) is 14.7 Å². The second kappa shape index (κ2) is 9.00. The van der Waals surface area contributed by atoms with Crippen LogP contribution in [0.5, 0.6) is 0 Å². The molecule has 3 amide bonds. The lowest BCUT2D eigenvalue weighted by Crippen LogP contribution is -2.70. The van der Waals surface area contributed by atoms with Gasteiger partial charge in [-0.15, -0.1) is 0 Å². The summed E-state index contributed by atoms with van der Waals surface area (Å²) in [5.41, 5.74) is 1.06. The van der Waals surface area contributed by atoms with E-state index in [2.05, 4.69) is 10.6 Å². The number of rotatable bonds is 7. The predicted octanol–water partition coefficient (Wildman–Crippen LogP) is 0.611. The number of aliphatic hydroxyl groups is 1. The van der Waals surface area contributed by atoms with Crippen molar-refractivity contribution in [3.63, 3.8) is 0 Å². The Bertz CT molecular complexity index is 606. The summed E-state index contributed by atoms with van der Waals surface area (Å²) >= 11 is 0. The molecule has 0 radical (unpaired) electrons. The highest BCUT2D eigenvalue weighted by Crippen LogP contribution is 2.40. The van der Waals surface area contributed by atoms with Crippen molar-refractivity contribution in [2.45, 2.75) is 37.9 Å². The van der Waals surface area contributed by atoms with Crippen LogP contribution in [0.3, 0.4) is 0 Å². The number of amides is 3. The Balaban J connectivity index is 2.17. The number of nitrogens with one attached hydrogen (secondary N) is 2. The third-order valence-corrected chi connectivity index (χ3v) is 4.53. The second-order valence-corrected chi connectivity index (χ2v) is 7.31. The molecule has 144 valence electrons. The molecule has 3 atom stereocenters. The summed E-state index contributed by atoms with van der Waals surface area (Å²) in [5, 5.41) is 15.7. The first-order valence-corrected chi connectivity index (χ1v) is 9.01. The smallest absolute Gasteiger partial charge is 0.318 e. The summed E-state index contributed by atoms with van der Waals surface area (Å²) in [4.78, 5) is 28.1. The van der Waals surface area contributed by atoms with Gasteiger partial charge < -0.3 is 25.5 Å². The maximum atomic E-state index is 12.6. The Morgan fingerprint density at radius 3 is 2.38 bits per heavy atom. The maximum Gasteiger partial charge on any atom is 0.318 e. The number of likely N-dealkylation sites (N-methyl/N-ethyl adjacent to an activating group) is 1. The molecule has 1 aromatic carbocycles. The van der Waals surface area contributed by atoms with Gasteiger partial charge in [0.1, 0.15) is 0 Å². The fourth-order valence-corrected chi connectivity index (χ4v) is 3.48. The number of hydrogen-bond donors (Lipinski definition) is 3. The van der Waals surface area contributed by atoms with Gasteiger partial charge in [0.15, 0.2) is 0 Å². The number of urea groups is 1. The number of carbonyl (C=O) groups is 2. The zero-order chi connectivity index (χ0) is 19.3. The maximum absolute atomic E-state index is 12.6. The van der Waals surface area contributed by atoms with E-state index in [0.29, 0.717) is 13.1 Å². The van der Waals surface area contributed by atoms with E-state index >= 15 is 0 Å². The van der Waals surface area contributed by atoms with Crippen LogP contribution >= 0.6 is 0 Å². The van der Waals surface area contributed by atoms with E-state index < -0.39 is 0 Å². The summed E-state index contributed by atoms with van der Waals surface area (Å²) in [6, 6.07) is 9.13. The molecule has 0 spiro atoms. The first-order chi connectivity index (χ1) is 12.3. The van der Waals surface area contributed by atoms with Gasteiger partial charge in [-0.05, 0) is 33.5 Å². The average Bonchev–Trinajstić information content (AvgIpc) is 2.53. The third-order valence-electron chi connectivity index (χ3n) is 4.53. The number of benzene rings is 1. The molecule has 0 saturated carbocycles. The van der Waals surface area contributed by atoms with E-state index in [4.69, 9.17) is 0 Å². The standard InChI is InChI=1S/C19H30N4O3/c1-13(2)21-19(26)23-15(10-20-17(25)11-22(3)4)18(16(23)12-24)14-8-6-5-7-9-14/h5-9,13,15-16,18,24H,10-12H2,1-4H3,(H,20,25)(H,21,26)/t15-,16-,18+/m0/s1. The minimum Gasteiger partial charge on any atom is -0.394 e. The van der Waals surface area contributed by atoms with E-state index in [0.717, 1.165) is 5.56 Å². The van der Waals surface area contributed by atoms with Crippen molar-refractivity contribution in [3.05, 3.63) is 35.9 Å². The van der Waals surface area contributed by atoms with Crippen LogP contribution in [-0.2, 0) is 4.79 Å². The van der Waals surface area contributed by atoms with Gasteiger partial charge >= 0.3 is 6.03 Å². The molecule has 0 unspecified atom stereocenters. The number of nitrogens with zero attached hydrogens (tertiary/aromatic N) is 2. The molecule has 0 aromatic heterocycles. The molecular formula is C19H30N4O3. The summed E-state index contributed by atoms with van der Waals surface area (Å²) in [6.07, 6.45) is 0. The molecule has 2 rings (SSSR count). The molecule has 1 aromatic rings. The number of carbonyl (C=O) groups excluding carboxylic acids is 2. The van der Waals surface area contributed by atoms with Gasteiger partial charge in [0.2, 0.25) is 5.91 Å². The van der Waals surface area contributed by atoms with Crippen molar-refractivity contribution in [1.82, 2.24) is 20.4 Å². The Labute approximate surface area is 155 Å². The summed E-state index contributed by atoms with van der Waals surface area (Å²) in [6.45, 7) is 4.33. The van der Waals surface area contributed by atoms with Crippen LogP contribution in [0.1, 0.15) is 25.3 Å². The van der Waals surface area contributed by atoms with Crippen LogP contribution in [-0.4, -0.2) is 78.8 Å². The highest BCUT2D eigenvalue weighted by Gasteiger charge is 2.51. The predicted molar refractivity (Wildman–Crippen MR) is 101 cm³/mol. The van der Waals surface area contributed by atoms with Crippen LogP contribution < -0.4 is 10.6 Å². The van der Waals surface area contributed by atoms with Crippen molar-refractivity contribution in [2.75, 3.05) is 33.8 Å². The molecule has 1 fully saturated rings. The van der Waals surface area contributed by atoms with Gasteiger partial charge in [-0.1, -0.05) is 30.3 Å². The highest BCUT2D eigenvalue weighted by molar-refractivity contribution is 5.79. The van der Waals surface area contributed by atoms with Crippen LogP contribution in [0, 0.1) is 0 Å². The van der Waals surface area contributed by atoms with Crippen LogP contribution in [0.2, 0.25) is 0 Å². The third kappa shape index (κ3) is 4.74. The molecule has 0 bridgehead atoms. The molecule has 1 aliphatic heterocycles. The zero-order valence-corrected chi connectivity index (χ0v) is 16.0. The summed E-state index contributed by atoms with van der Waals surface area (Å²) < 4.78 is 0. The monoisotopic (exact) mass is 362 g/mol.